The summed E-state index contributed by atoms with van der Waals surface area (Å²) in [4.78, 5) is 4.20. The van der Waals surface area contributed by atoms with Gasteiger partial charge < -0.3 is 0 Å². The Morgan fingerprint density at radius 1 is 1.45 bits per heavy atom. The molecule has 11 heavy (non-hydrogen) atoms. The van der Waals surface area contributed by atoms with Crippen molar-refractivity contribution in [3.63, 3.8) is 0 Å². The second kappa shape index (κ2) is 4.89. The molecular formula is C10H17N. The van der Waals surface area contributed by atoms with Crippen LogP contribution >= 0.6 is 0 Å². The van der Waals surface area contributed by atoms with Gasteiger partial charge in [-0.25, -0.2) is 0 Å². The van der Waals surface area contributed by atoms with Gasteiger partial charge in [0.2, 0.25) is 0 Å². The van der Waals surface area contributed by atoms with Gasteiger partial charge in [0.05, 0.1) is 0 Å². The van der Waals surface area contributed by atoms with Gasteiger partial charge in [-0.1, -0.05) is 26.5 Å². The first-order valence-electron chi connectivity index (χ1n) is 3.93. The molecule has 0 atom stereocenters. The van der Waals surface area contributed by atoms with Crippen molar-refractivity contribution in [2.75, 3.05) is 0 Å². The zero-order valence-corrected chi connectivity index (χ0v) is 7.89. The lowest BCUT2D eigenvalue weighted by Gasteiger charge is -2.01. The minimum Gasteiger partial charge on any atom is -0.262 e. The molecule has 0 saturated heterocycles. The van der Waals surface area contributed by atoms with E-state index in [1.165, 1.54) is 0 Å². The van der Waals surface area contributed by atoms with Gasteiger partial charge in [-0.05, 0) is 25.3 Å². The molecule has 0 radical (unpaired) electrons. The van der Waals surface area contributed by atoms with E-state index in [1.807, 2.05) is 26.1 Å². The van der Waals surface area contributed by atoms with Crippen molar-refractivity contribution >= 4 is 6.21 Å². The maximum Gasteiger partial charge on any atom is 0.0330 e. The molecule has 1 nitrogen and oxygen atoms in total. The van der Waals surface area contributed by atoms with Gasteiger partial charge in [-0.2, -0.15) is 0 Å². The van der Waals surface area contributed by atoms with Crippen LogP contribution in [0.1, 0.15) is 27.7 Å². The highest BCUT2D eigenvalue weighted by atomic mass is 14.7. The van der Waals surface area contributed by atoms with E-state index in [0.29, 0.717) is 5.92 Å². The third-order valence-corrected chi connectivity index (χ3v) is 1.59. The second-order valence-electron chi connectivity index (χ2n) is 2.92. The number of allylic oxidation sites excluding steroid dienone is 3. The molecule has 0 aliphatic carbocycles. The molecule has 0 heterocycles. The molecular weight excluding hydrogens is 134 g/mol. The normalized spacial score (nSPS) is 13.0. The van der Waals surface area contributed by atoms with Crippen molar-refractivity contribution in [3.05, 3.63) is 23.9 Å². The second-order valence-corrected chi connectivity index (χ2v) is 2.92. The summed E-state index contributed by atoms with van der Waals surface area (Å²) in [5, 5.41) is 0. The fraction of sp³-hybridized carbons (Fsp3) is 0.500. The average molecular weight is 151 g/mol. The van der Waals surface area contributed by atoms with Crippen molar-refractivity contribution in [1.29, 1.82) is 0 Å². The molecule has 0 spiro atoms. The monoisotopic (exact) mass is 151 g/mol. The molecule has 0 fully saturated rings. The lowest BCUT2D eigenvalue weighted by Crippen LogP contribution is -1.92. The summed E-state index contributed by atoms with van der Waals surface area (Å²) in [6.45, 7) is 12.1. The Kier molecular flexibility index (Phi) is 4.51. The quantitative estimate of drug-likeness (QED) is 0.549. The van der Waals surface area contributed by atoms with Crippen molar-refractivity contribution in [2.45, 2.75) is 27.7 Å². The predicted molar refractivity (Wildman–Crippen MR) is 51.9 cm³/mol. The standard InChI is InChI=1S/C10H17N/c1-6-10(5)11-7-9(4)8(2)3/h6-8H,4H2,1-3,5H3/b10-6-,11-7?. The first-order valence-corrected chi connectivity index (χ1v) is 3.93. The van der Waals surface area contributed by atoms with Crippen LogP contribution < -0.4 is 0 Å². The number of hydrogen-bond donors (Lipinski definition) is 0. The average Bonchev–Trinajstić information content (AvgIpc) is 1.99. The van der Waals surface area contributed by atoms with Gasteiger partial charge in [-0.15, -0.1) is 0 Å². The number of rotatable bonds is 3. The maximum atomic E-state index is 4.20. The van der Waals surface area contributed by atoms with Crippen LogP contribution in [0.5, 0.6) is 0 Å². The van der Waals surface area contributed by atoms with Gasteiger partial charge in [0, 0.05) is 11.9 Å². The predicted octanol–water partition coefficient (Wildman–Crippen LogP) is 3.19. The highest BCUT2D eigenvalue weighted by molar-refractivity contribution is 5.78. The van der Waals surface area contributed by atoms with Gasteiger partial charge >= 0.3 is 0 Å². The zero-order chi connectivity index (χ0) is 8.85. The Bertz CT molecular complexity index is 185. The Morgan fingerprint density at radius 3 is 2.36 bits per heavy atom. The lowest BCUT2D eigenvalue weighted by molar-refractivity contribution is 0.810. The Hall–Kier alpha value is -0.850. The van der Waals surface area contributed by atoms with Gasteiger partial charge in [0.1, 0.15) is 0 Å². The van der Waals surface area contributed by atoms with Crippen LogP contribution in [0.15, 0.2) is 28.9 Å². The molecule has 0 aromatic carbocycles. The van der Waals surface area contributed by atoms with Gasteiger partial charge in [0.25, 0.3) is 0 Å². The molecule has 0 unspecified atom stereocenters. The molecule has 1 heteroatoms. The molecule has 0 amide bonds. The molecule has 0 N–H and O–H groups in total. The summed E-state index contributed by atoms with van der Waals surface area (Å²) >= 11 is 0. The Balaban J connectivity index is 4.04. The molecule has 0 saturated carbocycles. The van der Waals surface area contributed by atoms with E-state index in [4.69, 9.17) is 0 Å². The van der Waals surface area contributed by atoms with Crippen molar-refractivity contribution in [1.82, 2.24) is 0 Å². The largest absolute Gasteiger partial charge is 0.262 e. The zero-order valence-electron chi connectivity index (χ0n) is 7.89. The Labute approximate surface area is 69.5 Å². The number of nitrogens with zero attached hydrogens (tertiary/aromatic N) is 1. The van der Waals surface area contributed by atoms with E-state index in [1.54, 1.807) is 0 Å². The van der Waals surface area contributed by atoms with Crippen LogP contribution in [0, 0.1) is 5.92 Å². The third-order valence-electron chi connectivity index (χ3n) is 1.59. The highest BCUT2D eigenvalue weighted by Gasteiger charge is 1.94. The van der Waals surface area contributed by atoms with Gasteiger partial charge in [0.15, 0.2) is 0 Å². The van der Waals surface area contributed by atoms with Crippen LogP contribution in [0.4, 0.5) is 0 Å². The van der Waals surface area contributed by atoms with Crippen molar-refractivity contribution in [3.8, 4) is 0 Å². The summed E-state index contributed by atoms with van der Waals surface area (Å²) in [5.41, 5.74) is 2.11. The van der Waals surface area contributed by atoms with E-state index in [-0.39, 0.29) is 0 Å². The highest BCUT2D eigenvalue weighted by Crippen LogP contribution is 2.04. The van der Waals surface area contributed by atoms with Crippen LogP contribution in [-0.2, 0) is 0 Å². The molecule has 0 aliphatic rings. The van der Waals surface area contributed by atoms with E-state index in [9.17, 15) is 0 Å². The first-order chi connectivity index (χ1) is 5.07. The summed E-state index contributed by atoms with van der Waals surface area (Å²) < 4.78 is 0. The molecule has 0 aromatic rings. The van der Waals surface area contributed by atoms with E-state index < -0.39 is 0 Å². The fourth-order valence-electron chi connectivity index (χ4n) is 0.408. The molecule has 0 rings (SSSR count). The lowest BCUT2D eigenvalue weighted by atomic mass is 10.1. The SMILES string of the molecule is C=C(C=N/C(C)=C\C)C(C)C. The van der Waals surface area contributed by atoms with E-state index in [2.05, 4.69) is 25.4 Å². The van der Waals surface area contributed by atoms with Crippen LogP contribution in [0.25, 0.3) is 0 Å². The number of hydrogen-bond acceptors (Lipinski definition) is 1. The first kappa shape index (κ1) is 10.2. The van der Waals surface area contributed by atoms with Crippen LogP contribution in [-0.4, -0.2) is 6.21 Å². The van der Waals surface area contributed by atoms with E-state index >= 15 is 0 Å². The molecule has 0 aromatic heterocycles. The molecule has 0 bridgehead atoms. The van der Waals surface area contributed by atoms with Gasteiger partial charge in [-0.3, -0.25) is 4.99 Å². The summed E-state index contributed by atoms with van der Waals surface area (Å²) in [6.07, 6.45) is 3.81. The van der Waals surface area contributed by atoms with Crippen molar-refractivity contribution < 1.29 is 0 Å². The number of aliphatic imine (C=N–C) groups is 1. The maximum absolute atomic E-state index is 4.20. The topological polar surface area (TPSA) is 12.4 Å². The van der Waals surface area contributed by atoms with Crippen LogP contribution in [0.3, 0.4) is 0 Å². The van der Waals surface area contributed by atoms with Crippen LogP contribution in [0.2, 0.25) is 0 Å². The minimum absolute atomic E-state index is 0.489. The Morgan fingerprint density at radius 2 is 2.00 bits per heavy atom. The summed E-state index contributed by atoms with van der Waals surface area (Å²) in [6, 6.07) is 0. The minimum atomic E-state index is 0.489. The third kappa shape index (κ3) is 4.54. The van der Waals surface area contributed by atoms with Crippen molar-refractivity contribution in [2.24, 2.45) is 10.9 Å². The summed E-state index contributed by atoms with van der Waals surface area (Å²) in [7, 11) is 0. The smallest absolute Gasteiger partial charge is 0.0330 e. The molecule has 0 aliphatic heterocycles. The summed E-state index contributed by atoms with van der Waals surface area (Å²) in [5.74, 6) is 0.489. The fourth-order valence-corrected chi connectivity index (χ4v) is 0.408. The molecule has 62 valence electrons. The van der Waals surface area contributed by atoms with E-state index in [0.717, 1.165) is 11.3 Å².